The van der Waals surface area contributed by atoms with E-state index in [0.29, 0.717) is 32.6 Å². The summed E-state index contributed by atoms with van der Waals surface area (Å²) < 4.78 is 18.5. The molecule has 0 saturated carbocycles. The van der Waals surface area contributed by atoms with Crippen LogP contribution in [0.25, 0.3) is 10.8 Å². The summed E-state index contributed by atoms with van der Waals surface area (Å²) in [6.07, 6.45) is -0.813. The van der Waals surface area contributed by atoms with Gasteiger partial charge in [-0.2, -0.15) is 0 Å². The highest BCUT2D eigenvalue weighted by molar-refractivity contribution is 5.85. The van der Waals surface area contributed by atoms with E-state index < -0.39 is 36.1 Å². The van der Waals surface area contributed by atoms with Crippen molar-refractivity contribution in [2.24, 2.45) is 0 Å². The summed E-state index contributed by atoms with van der Waals surface area (Å²) in [6, 6.07) is 12.3. The Bertz CT molecular complexity index is 1130. The number of carbonyl (C=O) groups excluding carboxylic acids is 3. The Morgan fingerprint density at radius 3 is 2.24 bits per heavy atom. The van der Waals surface area contributed by atoms with Gasteiger partial charge in [-0.05, 0) is 64.8 Å². The van der Waals surface area contributed by atoms with Crippen molar-refractivity contribution in [3.05, 3.63) is 48.0 Å². The molecule has 0 heterocycles. The van der Waals surface area contributed by atoms with Crippen LogP contribution in [0.2, 0.25) is 0 Å². The van der Waals surface area contributed by atoms with E-state index in [0.717, 1.165) is 16.3 Å². The average molecular weight is 588 g/mol. The van der Waals surface area contributed by atoms with E-state index in [-0.39, 0.29) is 12.6 Å². The number of ether oxygens (including phenoxy) is 3. The Morgan fingerprint density at radius 1 is 1.00 bits per heavy atom. The van der Waals surface area contributed by atoms with E-state index in [1.165, 1.54) is 5.01 Å². The molecule has 0 aliphatic heterocycles. The lowest BCUT2D eigenvalue weighted by atomic mass is 10.0. The van der Waals surface area contributed by atoms with Gasteiger partial charge in [-0.3, -0.25) is 15.1 Å². The van der Waals surface area contributed by atoms with Crippen LogP contribution < -0.4 is 16.1 Å². The molecule has 42 heavy (non-hydrogen) atoms. The lowest BCUT2D eigenvalue weighted by Gasteiger charge is -2.43. The highest BCUT2D eigenvalue weighted by atomic mass is 16.7. The van der Waals surface area contributed by atoms with E-state index in [9.17, 15) is 14.4 Å². The van der Waals surface area contributed by atoms with Gasteiger partial charge in [-0.1, -0.05) is 42.5 Å². The van der Waals surface area contributed by atoms with Gasteiger partial charge in [0, 0.05) is 33.4 Å². The number of hydrazine groups is 1. The topological polar surface area (TPSA) is 121 Å². The maximum absolute atomic E-state index is 13.1. The number of hydrogen-bond donors (Lipinski definition) is 3. The molecule has 11 heteroatoms. The molecular weight excluding hydrogens is 538 g/mol. The van der Waals surface area contributed by atoms with Crippen LogP contribution in [0.3, 0.4) is 0 Å². The lowest BCUT2D eigenvalue weighted by Crippen LogP contribution is -2.61. The number of amides is 3. The van der Waals surface area contributed by atoms with E-state index in [2.05, 4.69) is 34.3 Å². The molecule has 0 radical (unpaired) electrons. The van der Waals surface area contributed by atoms with Crippen LogP contribution in [0.4, 0.5) is 4.79 Å². The fourth-order valence-corrected chi connectivity index (χ4v) is 4.65. The number of aldehydes is 1. The van der Waals surface area contributed by atoms with Gasteiger partial charge in [0.05, 0.1) is 18.2 Å². The molecule has 0 spiro atoms. The number of nitrogens with one attached hydrogen (secondary N) is 3. The molecule has 0 aromatic heterocycles. The zero-order chi connectivity index (χ0) is 31.3. The first-order valence-corrected chi connectivity index (χ1v) is 14.6. The minimum Gasteiger partial charge on any atom is -0.355 e. The minimum atomic E-state index is -1.05. The summed E-state index contributed by atoms with van der Waals surface area (Å²) in [5.41, 5.74) is 2.92. The Morgan fingerprint density at radius 2 is 1.64 bits per heavy atom. The van der Waals surface area contributed by atoms with Crippen LogP contribution >= 0.6 is 0 Å². The maximum atomic E-state index is 13.1. The van der Waals surface area contributed by atoms with E-state index >= 15 is 0 Å². The molecule has 0 bridgehead atoms. The minimum absolute atomic E-state index is 0.177. The molecule has 0 aliphatic carbocycles. The number of nitrogens with zero attached hydrogens (tertiary/aromatic N) is 2. The van der Waals surface area contributed by atoms with Gasteiger partial charge in [0.25, 0.3) is 0 Å². The number of urea groups is 1. The zero-order valence-corrected chi connectivity index (χ0v) is 26.3. The number of fused-ring (bicyclic) bond motifs is 1. The van der Waals surface area contributed by atoms with Gasteiger partial charge in [0.1, 0.15) is 18.6 Å². The highest BCUT2D eigenvalue weighted by Gasteiger charge is 2.39. The summed E-state index contributed by atoms with van der Waals surface area (Å²) in [5, 5.41) is 8.93. The van der Waals surface area contributed by atoms with E-state index in [1.807, 2.05) is 70.7 Å². The average Bonchev–Trinajstić information content (AvgIpc) is 2.92. The summed E-state index contributed by atoms with van der Waals surface area (Å²) in [6.45, 7) is 14.8. The number of carbonyl (C=O) groups is 3. The molecule has 1 unspecified atom stereocenters. The highest BCUT2D eigenvalue weighted by Crippen LogP contribution is 2.27. The molecular formula is C31H49N5O6. The van der Waals surface area contributed by atoms with Crippen molar-refractivity contribution < 1.29 is 28.6 Å². The fraction of sp³-hybridized carbons (Fsp3) is 0.581. The molecule has 0 fully saturated rings. The maximum Gasteiger partial charge on any atom is 0.329 e. The summed E-state index contributed by atoms with van der Waals surface area (Å²) in [4.78, 5) is 39.6. The van der Waals surface area contributed by atoms with Crippen molar-refractivity contribution in [2.75, 3.05) is 33.4 Å². The van der Waals surface area contributed by atoms with E-state index in [1.54, 1.807) is 14.0 Å². The Labute approximate surface area is 250 Å². The molecule has 3 amide bonds. The smallest absolute Gasteiger partial charge is 0.329 e. The van der Waals surface area contributed by atoms with Gasteiger partial charge in [0.15, 0.2) is 6.29 Å². The quantitative estimate of drug-likeness (QED) is 0.146. The number of likely N-dealkylation sites (N-methyl/N-ethyl adjacent to an activating group) is 1. The Balaban J connectivity index is 2.50. The van der Waals surface area contributed by atoms with Gasteiger partial charge in [-0.15, -0.1) is 0 Å². The second-order valence-electron chi connectivity index (χ2n) is 11.0. The molecule has 2 aromatic carbocycles. The molecule has 2 rings (SSSR count). The van der Waals surface area contributed by atoms with Gasteiger partial charge >= 0.3 is 6.03 Å². The largest absolute Gasteiger partial charge is 0.355 e. The summed E-state index contributed by atoms with van der Waals surface area (Å²) in [7, 11) is 1.57. The van der Waals surface area contributed by atoms with Crippen molar-refractivity contribution in [3.63, 3.8) is 0 Å². The second kappa shape index (κ2) is 17.1. The predicted molar refractivity (Wildman–Crippen MR) is 163 cm³/mol. The van der Waals surface area contributed by atoms with Gasteiger partial charge < -0.3 is 29.6 Å². The van der Waals surface area contributed by atoms with E-state index in [4.69, 9.17) is 14.2 Å². The number of benzene rings is 2. The SMILES string of the molecule is CCNC(=O)NN(C)CC(=O)NC(C=O)[C@H](OC(C)(C)C)N(Cc1cccc2ccccc12)[C@@H](C)C(OCC)OCC. The molecule has 0 saturated heterocycles. The monoisotopic (exact) mass is 587 g/mol. The first-order valence-electron chi connectivity index (χ1n) is 14.6. The van der Waals surface area contributed by atoms with Crippen LogP contribution in [-0.2, 0) is 30.3 Å². The summed E-state index contributed by atoms with van der Waals surface area (Å²) in [5.74, 6) is -0.460. The van der Waals surface area contributed by atoms with Crippen molar-refractivity contribution in [1.29, 1.82) is 0 Å². The van der Waals surface area contributed by atoms with Crippen molar-refractivity contribution >= 4 is 29.0 Å². The molecule has 3 atom stereocenters. The van der Waals surface area contributed by atoms with Crippen LogP contribution in [0.1, 0.15) is 54.0 Å². The van der Waals surface area contributed by atoms with Crippen LogP contribution in [0.5, 0.6) is 0 Å². The predicted octanol–water partition coefficient (Wildman–Crippen LogP) is 3.42. The normalized spacial score (nSPS) is 14.2. The third-order valence-corrected chi connectivity index (χ3v) is 6.40. The third-order valence-electron chi connectivity index (χ3n) is 6.40. The van der Waals surface area contributed by atoms with Gasteiger partial charge in [0.2, 0.25) is 5.91 Å². The first-order chi connectivity index (χ1) is 19.9. The van der Waals surface area contributed by atoms with Crippen LogP contribution in [0.15, 0.2) is 42.5 Å². The lowest BCUT2D eigenvalue weighted by molar-refractivity contribution is -0.217. The molecule has 234 valence electrons. The van der Waals surface area contributed by atoms with Crippen LogP contribution in [0, 0.1) is 0 Å². The zero-order valence-electron chi connectivity index (χ0n) is 26.3. The molecule has 11 nitrogen and oxygen atoms in total. The van der Waals surface area contributed by atoms with Gasteiger partial charge in [-0.25, -0.2) is 9.80 Å². The van der Waals surface area contributed by atoms with Crippen molar-refractivity contribution in [2.45, 2.75) is 85.2 Å². The standard InChI is InChI=1S/C31H49N5O6/c1-9-32-30(39)34-35(8)20-27(38)33-26(21-37)28(42-31(5,6)7)36(22(4)29(40-10-2)41-11-3)19-24-17-14-16-23-15-12-13-18-25(23)24/h12-18,21-22,26,28-29H,9-11,19-20H2,1-8H3,(H,33,38)(H2,32,34,39)/t22-,26?,28-/m0/s1. The Kier molecular flexibility index (Phi) is 14.3. The number of hydrogen-bond acceptors (Lipinski definition) is 8. The van der Waals surface area contributed by atoms with Crippen LogP contribution in [-0.4, -0.2) is 91.7 Å². The van der Waals surface area contributed by atoms with Crippen molar-refractivity contribution in [3.8, 4) is 0 Å². The molecule has 3 N–H and O–H groups in total. The first kappa shape index (κ1) is 35.1. The molecule has 0 aliphatic rings. The third kappa shape index (κ3) is 11.0. The number of rotatable bonds is 17. The molecule has 2 aromatic rings. The summed E-state index contributed by atoms with van der Waals surface area (Å²) >= 11 is 0. The second-order valence-corrected chi connectivity index (χ2v) is 11.0. The van der Waals surface area contributed by atoms with Crippen molar-refractivity contribution in [1.82, 2.24) is 26.0 Å². The Hall–Kier alpha value is -3.09. The fourth-order valence-electron chi connectivity index (χ4n) is 4.65.